The van der Waals surface area contributed by atoms with Crippen molar-refractivity contribution < 1.29 is 13.2 Å². The van der Waals surface area contributed by atoms with Gasteiger partial charge < -0.3 is 5.32 Å². The van der Waals surface area contributed by atoms with Gasteiger partial charge in [-0.15, -0.1) is 6.58 Å². The van der Waals surface area contributed by atoms with Crippen LogP contribution in [0.5, 0.6) is 0 Å². The molecule has 1 heterocycles. The maximum atomic E-state index is 12.9. The summed E-state index contributed by atoms with van der Waals surface area (Å²) >= 11 is 0. The summed E-state index contributed by atoms with van der Waals surface area (Å²) in [5.41, 5.74) is 3.30. The van der Waals surface area contributed by atoms with Gasteiger partial charge in [-0.05, 0) is 55.7 Å². The number of nitrogens with zero attached hydrogens (tertiary/aromatic N) is 2. The third-order valence-electron chi connectivity index (χ3n) is 4.98. The third kappa shape index (κ3) is 3.92. The number of benzene rings is 2. The average molecular weight is 423 g/mol. The number of hydrogen-bond acceptors (Lipinski definition) is 4. The number of aryl methyl sites for hydroxylation is 1. The summed E-state index contributed by atoms with van der Waals surface area (Å²) in [6.07, 6.45) is 4.24. The van der Waals surface area contributed by atoms with Gasteiger partial charge in [0.1, 0.15) is 5.82 Å². The van der Waals surface area contributed by atoms with E-state index in [9.17, 15) is 13.2 Å². The lowest BCUT2D eigenvalue weighted by Crippen LogP contribution is -2.23. The normalized spacial score (nSPS) is 13.1. The van der Waals surface area contributed by atoms with Crippen molar-refractivity contribution in [3.63, 3.8) is 0 Å². The summed E-state index contributed by atoms with van der Waals surface area (Å²) in [6, 6.07) is 15.5. The number of anilines is 1. The number of sulfonamides is 1. The number of hydrogen-bond donors (Lipinski definition) is 2. The van der Waals surface area contributed by atoms with Gasteiger partial charge in [0.05, 0.1) is 16.3 Å². The number of carbonyl (C=O) groups excluding carboxylic acids is 1. The molecule has 1 amide bonds. The number of fused-ring (bicyclic) bond motifs is 1. The van der Waals surface area contributed by atoms with Gasteiger partial charge >= 0.3 is 0 Å². The molecule has 0 saturated carbocycles. The molecule has 0 aliphatic heterocycles. The summed E-state index contributed by atoms with van der Waals surface area (Å²) in [7, 11) is -3.63. The van der Waals surface area contributed by atoms with Crippen molar-refractivity contribution in [1.29, 1.82) is 0 Å². The van der Waals surface area contributed by atoms with E-state index in [1.54, 1.807) is 4.68 Å². The molecule has 1 aromatic heterocycles. The van der Waals surface area contributed by atoms with Gasteiger partial charge in [0.25, 0.3) is 5.91 Å². The van der Waals surface area contributed by atoms with Gasteiger partial charge in [-0.2, -0.15) is 5.10 Å². The van der Waals surface area contributed by atoms with Gasteiger partial charge in [-0.1, -0.05) is 24.3 Å². The van der Waals surface area contributed by atoms with Gasteiger partial charge in [-0.25, -0.2) is 17.8 Å². The largest absolute Gasteiger partial charge is 0.306 e. The Bertz CT molecular complexity index is 1180. The van der Waals surface area contributed by atoms with Crippen LogP contribution in [0.4, 0.5) is 5.82 Å². The first-order valence-corrected chi connectivity index (χ1v) is 11.2. The van der Waals surface area contributed by atoms with Crippen LogP contribution in [0.1, 0.15) is 28.0 Å². The fourth-order valence-corrected chi connectivity index (χ4v) is 4.49. The van der Waals surface area contributed by atoms with Crippen LogP contribution in [0.2, 0.25) is 0 Å². The standard InChI is InChI=1S/C22H22N4O3S/c1-2-15-23-30(28,29)18-13-11-16(12-14-18)22(27)24-21-19-9-6-10-20(19)25-26(21)17-7-4-3-5-8-17/h2-5,7-8,11-14,23H,1,6,9-10,15H2,(H,24,27). The highest BCUT2D eigenvalue weighted by Crippen LogP contribution is 2.31. The van der Waals surface area contributed by atoms with Gasteiger partial charge in [0, 0.05) is 17.7 Å². The molecule has 0 fully saturated rings. The van der Waals surface area contributed by atoms with Gasteiger partial charge in [0.2, 0.25) is 10.0 Å². The Morgan fingerprint density at radius 3 is 2.53 bits per heavy atom. The lowest BCUT2D eigenvalue weighted by Gasteiger charge is -2.11. The second-order valence-electron chi connectivity index (χ2n) is 6.99. The minimum atomic E-state index is -3.63. The number of rotatable bonds is 7. The third-order valence-corrected chi connectivity index (χ3v) is 6.42. The van der Waals surface area contributed by atoms with E-state index in [4.69, 9.17) is 0 Å². The molecule has 2 N–H and O–H groups in total. The first-order valence-electron chi connectivity index (χ1n) is 9.68. The number of carbonyl (C=O) groups is 1. The Morgan fingerprint density at radius 2 is 1.83 bits per heavy atom. The Hall–Kier alpha value is -3.23. The topological polar surface area (TPSA) is 93.1 Å². The molecule has 0 spiro atoms. The molecule has 0 atom stereocenters. The van der Waals surface area contributed by atoms with Crippen molar-refractivity contribution in [3.05, 3.63) is 84.1 Å². The second kappa shape index (κ2) is 8.25. The minimum Gasteiger partial charge on any atom is -0.306 e. The van der Waals surface area contributed by atoms with Crippen LogP contribution < -0.4 is 10.0 Å². The highest BCUT2D eigenvalue weighted by molar-refractivity contribution is 7.89. The molecular weight excluding hydrogens is 400 g/mol. The molecule has 2 aromatic carbocycles. The van der Waals surface area contributed by atoms with Crippen LogP contribution in [-0.4, -0.2) is 30.7 Å². The number of para-hydroxylation sites is 1. The van der Waals surface area contributed by atoms with E-state index in [2.05, 4.69) is 21.7 Å². The smallest absolute Gasteiger partial charge is 0.256 e. The van der Waals surface area contributed by atoms with E-state index in [1.807, 2.05) is 30.3 Å². The molecule has 7 nitrogen and oxygen atoms in total. The molecule has 0 bridgehead atoms. The van der Waals surface area contributed by atoms with E-state index in [0.717, 1.165) is 36.2 Å². The Morgan fingerprint density at radius 1 is 1.10 bits per heavy atom. The zero-order valence-corrected chi connectivity index (χ0v) is 17.2. The average Bonchev–Trinajstić information content (AvgIpc) is 3.35. The molecular formula is C22H22N4O3S. The van der Waals surface area contributed by atoms with Crippen molar-refractivity contribution in [3.8, 4) is 5.69 Å². The Balaban J connectivity index is 1.60. The van der Waals surface area contributed by atoms with Crippen LogP contribution in [-0.2, 0) is 22.9 Å². The molecule has 8 heteroatoms. The maximum absolute atomic E-state index is 12.9. The van der Waals surface area contributed by atoms with E-state index in [0.29, 0.717) is 11.4 Å². The van der Waals surface area contributed by atoms with Crippen molar-refractivity contribution in [2.45, 2.75) is 24.2 Å². The molecule has 154 valence electrons. The predicted molar refractivity (Wildman–Crippen MR) is 115 cm³/mol. The van der Waals surface area contributed by atoms with E-state index >= 15 is 0 Å². The fraction of sp³-hybridized carbons (Fsp3) is 0.182. The maximum Gasteiger partial charge on any atom is 0.256 e. The Kier molecular flexibility index (Phi) is 5.52. The first-order chi connectivity index (χ1) is 14.5. The molecule has 4 rings (SSSR count). The Labute approximate surface area is 175 Å². The summed E-state index contributed by atoms with van der Waals surface area (Å²) in [5, 5.41) is 7.67. The van der Waals surface area contributed by atoms with Gasteiger partial charge in [0.15, 0.2) is 0 Å². The summed E-state index contributed by atoms with van der Waals surface area (Å²) < 4.78 is 28.5. The highest BCUT2D eigenvalue weighted by atomic mass is 32.2. The molecule has 1 aliphatic rings. The van der Waals surface area contributed by atoms with Crippen LogP contribution in [0.15, 0.2) is 72.1 Å². The van der Waals surface area contributed by atoms with Crippen LogP contribution in [0, 0.1) is 0 Å². The monoisotopic (exact) mass is 422 g/mol. The van der Waals surface area contributed by atoms with Crippen LogP contribution in [0.25, 0.3) is 5.69 Å². The zero-order valence-electron chi connectivity index (χ0n) is 16.3. The van der Waals surface area contributed by atoms with Crippen molar-refractivity contribution >= 4 is 21.7 Å². The predicted octanol–water partition coefficient (Wildman–Crippen LogP) is 3.08. The molecule has 1 aliphatic carbocycles. The minimum absolute atomic E-state index is 0.0936. The van der Waals surface area contributed by atoms with Crippen molar-refractivity contribution in [2.75, 3.05) is 11.9 Å². The van der Waals surface area contributed by atoms with E-state index in [1.165, 1.54) is 30.3 Å². The van der Waals surface area contributed by atoms with Crippen LogP contribution in [0.3, 0.4) is 0 Å². The zero-order chi connectivity index (χ0) is 21.1. The van der Waals surface area contributed by atoms with E-state index < -0.39 is 10.0 Å². The molecule has 3 aromatic rings. The van der Waals surface area contributed by atoms with E-state index in [-0.39, 0.29) is 17.3 Å². The van der Waals surface area contributed by atoms with Crippen LogP contribution >= 0.6 is 0 Å². The number of aromatic nitrogens is 2. The number of amides is 1. The SMILES string of the molecule is C=CCNS(=O)(=O)c1ccc(C(=O)Nc2c3c(nn2-c2ccccc2)CCC3)cc1. The highest BCUT2D eigenvalue weighted by Gasteiger charge is 2.24. The first kappa shape index (κ1) is 20.1. The molecule has 0 unspecified atom stereocenters. The molecule has 0 radical (unpaired) electrons. The van der Waals surface area contributed by atoms with Gasteiger partial charge in [-0.3, -0.25) is 4.79 Å². The second-order valence-corrected chi connectivity index (χ2v) is 8.76. The van der Waals surface area contributed by atoms with Crippen molar-refractivity contribution in [1.82, 2.24) is 14.5 Å². The summed E-state index contributed by atoms with van der Waals surface area (Å²) in [4.78, 5) is 13.0. The molecule has 30 heavy (non-hydrogen) atoms. The lowest BCUT2D eigenvalue weighted by molar-refractivity contribution is 0.102. The fourth-order valence-electron chi connectivity index (χ4n) is 3.49. The van der Waals surface area contributed by atoms with Crippen molar-refractivity contribution in [2.24, 2.45) is 0 Å². The number of nitrogens with one attached hydrogen (secondary N) is 2. The lowest BCUT2D eigenvalue weighted by atomic mass is 10.2. The summed E-state index contributed by atoms with van der Waals surface area (Å²) in [5.74, 6) is 0.354. The summed E-state index contributed by atoms with van der Waals surface area (Å²) in [6.45, 7) is 3.63. The quantitative estimate of drug-likeness (QED) is 0.572. The molecule has 0 saturated heterocycles.